The van der Waals surface area contributed by atoms with Crippen LogP contribution in [0.4, 0.5) is 20.5 Å². The molecule has 0 unspecified atom stereocenters. The molecule has 6 nitrogen and oxygen atoms in total. The Morgan fingerprint density at radius 3 is 2.94 bits per heavy atom. The maximum atomic E-state index is 13.1. The molecule has 0 amide bonds. The maximum Gasteiger partial charge on any atom is 0.248 e. The molecule has 0 saturated carbocycles. The number of hydrogen-bond donors (Lipinski definition) is 1. The summed E-state index contributed by atoms with van der Waals surface area (Å²) in [6.07, 6.45) is 4.77. The second-order valence-electron chi connectivity index (χ2n) is 3.37. The van der Waals surface area contributed by atoms with Crippen molar-refractivity contribution in [3.8, 4) is 0 Å². The smallest absolute Gasteiger partial charge is 0.248 e. The molecule has 0 saturated heterocycles. The van der Waals surface area contributed by atoms with Crippen molar-refractivity contribution in [1.29, 1.82) is 0 Å². The minimum atomic E-state index is -0.711. The Bertz CT molecular complexity index is 525. The van der Waals surface area contributed by atoms with Crippen molar-refractivity contribution in [3.05, 3.63) is 23.9 Å². The summed E-state index contributed by atoms with van der Waals surface area (Å²) in [5.41, 5.74) is 5.34. The first-order valence-corrected chi connectivity index (χ1v) is 5.10. The highest BCUT2D eigenvalue weighted by atomic mass is 19.1. The predicted molar refractivity (Wildman–Crippen MR) is 64.8 cm³/mol. The van der Waals surface area contributed by atoms with Crippen LogP contribution in [0.1, 0.15) is 0 Å². The summed E-state index contributed by atoms with van der Waals surface area (Å²) in [6, 6.07) is 0. The molecule has 94 valence electrons. The van der Waals surface area contributed by atoms with E-state index in [1.807, 2.05) is 0 Å². The highest BCUT2D eigenvalue weighted by Crippen LogP contribution is 2.13. The van der Waals surface area contributed by atoms with Gasteiger partial charge in [0, 0.05) is 6.21 Å². The van der Waals surface area contributed by atoms with Crippen LogP contribution in [0, 0.1) is 5.82 Å². The third-order valence-electron chi connectivity index (χ3n) is 2.07. The number of aliphatic imine (C=N–C) groups is 1. The van der Waals surface area contributed by atoms with Crippen LogP contribution in [0.2, 0.25) is 0 Å². The fourth-order valence-corrected chi connectivity index (χ4v) is 1.22. The Balaban J connectivity index is 2.27. The van der Waals surface area contributed by atoms with Gasteiger partial charge in [0.2, 0.25) is 5.95 Å². The van der Waals surface area contributed by atoms with Crippen LogP contribution in [0.5, 0.6) is 0 Å². The normalized spacial score (nSPS) is 18.8. The highest BCUT2D eigenvalue weighted by molar-refractivity contribution is 5.78. The fraction of sp³-hybridized carbons (Fsp3) is 0.200. The minimum absolute atomic E-state index is 0.0936. The number of hydrazone groups is 1. The molecular formula is C10H10F2N6. The zero-order chi connectivity index (χ0) is 13.0. The van der Waals surface area contributed by atoms with Crippen molar-refractivity contribution in [3.63, 3.8) is 0 Å². The summed E-state index contributed by atoms with van der Waals surface area (Å²) < 4.78 is 26.1. The molecule has 1 aromatic rings. The van der Waals surface area contributed by atoms with Crippen LogP contribution in [0.15, 0.2) is 28.2 Å². The van der Waals surface area contributed by atoms with Crippen molar-refractivity contribution in [2.75, 3.05) is 23.8 Å². The van der Waals surface area contributed by atoms with Gasteiger partial charge in [0.15, 0.2) is 11.6 Å². The van der Waals surface area contributed by atoms with Gasteiger partial charge in [-0.25, -0.2) is 18.8 Å². The summed E-state index contributed by atoms with van der Waals surface area (Å²) in [7, 11) is 0. The quantitative estimate of drug-likeness (QED) is 0.806. The number of anilines is 2. The molecule has 1 aliphatic rings. The second-order valence-corrected chi connectivity index (χ2v) is 3.37. The number of nitrogens with zero attached hydrogens (tertiary/aromatic N) is 5. The van der Waals surface area contributed by atoms with Gasteiger partial charge in [0.1, 0.15) is 5.83 Å². The SMILES string of the molecule is Nc1nc(N2C/C=C(/F)C=NCC=N2)ncc1F. The van der Waals surface area contributed by atoms with Gasteiger partial charge >= 0.3 is 0 Å². The van der Waals surface area contributed by atoms with Crippen molar-refractivity contribution in [2.45, 2.75) is 0 Å². The summed E-state index contributed by atoms with van der Waals surface area (Å²) in [6.45, 7) is 0.327. The zero-order valence-corrected chi connectivity index (χ0v) is 9.29. The molecule has 0 atom stereocenters. The molecule has 0 radical (unpaired) electrons. The molecule has 1 aromatic heterocycles. The first-order valence-electron chi connectivity index (χ1n) is 5.10. The molecule has 18 heavy (non-hydrogen) atoms. The first-order chi connectivity index (χ1) is 8.66. The van der Waals surface area contributed by atoms with Gasteiger partial charge in [-0.1, -0.05) is 0 Å². The number of allylic oxidation sites excluding steroid dienone is 1. The molecule has 2 rings (SSSR count). The van der Waals surface area contributed by atoms with E-state index >= 15 is 0 Å². The van der Waals surface area contributed by atoms with Gasteiger partial charge in [0.25, 0.3) is 0 Å². The number of hydrogen-bond acceptors (Lipinski definition) is 6. The van der Waals surface area contributed by atoms with Crippen LogP contribution in [0.3, 0.4) is 0 Å². The number of halogens is 2. The monoisotopic (exact) mass is 252 g/mol. The summed E-state index contributed by atoms with van der Waals surface area (Å²) in [4.78, 5) is 11.2. The van der Waals surface area contributed by atoms with Crippen molar-refractivity contribution >= 4 is 24.2 Å². The van der Waals surface area contributed by atoms with Crippen LogP contribution in [-0.4, -0.2) is 35.5 Å². The van der Waals surface area contributed by atoms with Gasteiger partial charge < -0.3 is 5.73 Å². The lowest BCUT2D eigenvalue weighted by Gasteiger charge is -2.14. The van der Waals surface area contributed by atoms with Gasteiger partial charge in [-0.15, -0.1) is 0 Å². The highest BCUT2D eigenvalue weighted by Gasteiger charge is 2.10. The van der Waals surface area contributed by atoms with Crippen LogP contribution in [-0.2, 0) is 0 Å². The van der Waals surface area contributed by atoms with Crippen molar-refractivity contribution < 1.29 is 8.78 Å². The van der Waals surface area contributed by atoms with E-state index in [0.717, 1.165) is 12.4 Å². The maximum absolute atomic E-state index is 13.1. The molecule has 2 heterocycles. The minimum Gasteiger partial charge on any atom is -0.381 e. The van der Waals surface area contributed by atoms with Crippen LogP contribution >= 0.6 is 0 Å². The number of aromatic nitrogens is 2. The Morgan fingerprint density at radius 2 is 2.17 bits per heavy atom. The third kappa shape index (κ3) is 2.84. The molecule has 2 N–H and O–H groups in total. The average molecular weight is 252 g/mol. The van der Waals surface area contributed by atoms with Gasteiger partial charge in [-0.3, -0.25) is 4.99 Å². The molecule has 0 aromatic carbocycles. The first kappa shape index (κ1) is 12.1. The number of rotatable bonds is 1. The van der Waals surface area contributed by atoms with Gasteiger partial charge in [-0.2, -0.15) is 10.1 Å². The van der Waals surface area contributed by atoms with E-state index in [-0.39, 0.29) is 24.9 Å². The standard InChI is InChI=1S/C10H10F2N6/c11-7-1-4-18(16-3-2-14-5-7)10-15-6-8(12)9(13)17-10/h1,3,5-6H,2,4H2,(H2,13,15,17)/b7-1+,14-5?,16-3?. The van der Waals surface area contributed by atoms with E-state index < -0.39 is 11.6 Å². The van der Waals surface area contributed by atoms with E-state index in [1.165, 1.54) is 17.3 Å². The predicted octanol–water partition coefficient (Wildman–Crippen LogP) is 0.928. The largest absolute Gasteiger partial charge is 0.381 e. The average Bonchev–Trinajstić information content (AvgIpc) is 2.45. The van der Waals surface area contributed by atoms with E-state index in [4.69, 9.17) is 5.73 Å². The lowest BCUT2D eigenvalue weighted by atomic mass is 10.4. The van der Waals surface area contributed by atoms with Crippen LogP contribution in [0.25, 0.3) is 0 Å². The molecular weight excluding hydrogens is 242 g/mol. The summed E-state index contributed by atoms with van der Waals surface area (Å²) in [5, 5.41) is 5.29. The molecule has 0 aliphatic carbocycles. The number of nitrogen functional groups attached to an aromatic ring is 1. The van der Waals surface area contributed by atoms with Gasteiger partial charge in [-0.05, 0) is 6.08 Å². The summed E-state index contributed by atoms with van der Waals surface area (Å²) >= 11 is 0. The Kier molecular flexibility index (Phi) is 3.56. The van der Waals surface area contributed by atoms with Crippen molar-refractivity contribution in [1.82, 2.24) is 9.97 Å². The van der Waals surface area contributed by atoms with E-state index in [0.29, 0.717) is 0 Å². The Hall–Kier alpha value is -2.38. The fourth-order valence-electron chi connectivity index (χ4n) is 1.22. The second kappa shape index (κ2) is 5.30. The van der Waals surface area contributed by atoms with Gasteiger partial charge in [0.05, 0.1) is 25.5 Å². The third-order valence-corrected chi connectivity index (χ3v) is 2.07. The molecule has 0 fully saturated rings. The summed E-state index contributed by atoms with van der Waals surface area (Å²) in [5.74, 6) is -1.38. The number of nitrogens with two attached hydrogens (primary N) is 1. The lowest BCUT2D eigenvalue weighted by molar-refractivity contribution is 0.618. The Morgan fingerprint density at radius 1 is 1.33 bits per heavy atom. The topological polar surface area (TPSA) is 79.8 Å². The zero-order valence-electron chi connectivity index (χ0n) is 9.29. The molecule has 0 bridgehead atoms. The van der Waals surface area contributed by atoms with E-state index in [2.05, 4.69) is 20.1 Å². The van der Waals surface area contributed by atoms with Crippen LogP contribution < -0.4 is 10.7 Å². The Labute approximate surface area is 102 Å². The molecule has 8 heteroatoms. The molecule has 0 spiro atoms. The van der Waals surface area contributed by atoms with E-state index in [1.54, 1.807) is 0 Å². The van der Waals surface area contributed by atoms with Crippen molar-refractivity contribution in [2.24, 2.45) is 10.1 Å². The molecule has 1 aliphatic heterocycles. The lowest BCUT2D eigenvalue weighted by Crippen LogP contribution is -2.20. The van der Waals surface area contributed by atoms with E-state index in [9.17, 15) is 8.78 Å².